The summed E-state index contributed by atoms with van der Waals surface area (Å²) in [5, 5.41) is 5.73. The molecule has 148 valence electrons. The summed E-state index contributed by atoms with van der Waals surface area (Å²) in [4.78, 5) is 22.0. The van der Waals surface area contributed by atoms with Crippen molar-refractivity contribution < 1.29 is 4.79 Å². The Morgan fingerprint density at radius 2 is 1.50 bits per heavy atom. The van der Waals surface area contributed by atoms with Gasteiger partial charge in [0.2, 0.25) is 5.91 Å². The molecule has 0 bridgehead atoms. The van der Waals surface area contributed by atoms with E-state index in [9.17, 15) is 9.70 Å². The number of carbonyl (C=O) groups is 1. The Morgan fingerprint density at radius 1 is 0.885 bits per heavy atom. The Balaban J connectivity index is 3.45. The van der Waals surface area contributed by atoms with Gasteiger partial charge in [-0.15, -0.1) is 0 Å². The molecule has 1 atom stereocenters. The second-order valence-electron chi connectivity index (χ2n) is 6.58. The molecule has 0 spiro atoms. The smallest absolute Gasteiger partial charge is 0.220 e. The van der Waals surface area contributed by atoms with Gasteiger partial charge in [-0.05, 0) is 44.9 Å². The van der Waals surface area contributed by atoms with E-state index in [0.29, 0.717) is 6.42 Å². The van der Waals surface area contributed by atoms with E-state index < -0.39 is 0 Å². The second-order valence-corrected chi connectivity index (χ2v) is 6.58. The Labute approximate surface area is 160 Å². The molecule has 0 aliphatic rings. The lowest BCUT2D eigenvalue weighted by Gasteiger charge is -2.13. The predicted molar refractivity (Wildman–Crippen MR) is 112 cm³/mol. The van der Waals surface area contributed by atoms with E-state index in [4.69, 9.17) is 0 Å². The zero-order chi connectivity index (χ0) is 19.3. The second kappa shape index (κ2) is 19.6. The van der Waals surface area contributed by atoms with Crippen molar-refractivity contribution in [2.45, 2.75) is 90.5 Å². The molecule has 1 unspecified atom stereocenters. The maximum absolute atomic E-state index is 11.7. The molecule has 0 radical (unpaired) electrons. The van der Waals surface area contributed by atoms with E-state index in [2.05, 4.69) is 53.9 Å². The Hall–Kier alpha value is -1.71. The fourth-order valence-electron chi connectivity index (χ4n) is 2.57. The number of unbranched alkanes of at least 4 members (excludes halogenated alkanes) is 5. The van der Waals surface area contributed by atoms with Gasteiger partial charge in [0, 0.05) is 6.42 Å². The van der Waals surface area contributed by atoms with Crippen LogP contribution in [0.25, 0.3) is 0 Å². The molecular formula is C22H38N2O2. The van der Waals surface area contributed by atoms with Crippen molar-refractivity contribution in [3.8, 4) is 0 Å². The number of allylic oxidation sites excluding steroid dienone is 6. The van der Waals surface area contributed by atoms with E-state index in [1.165, 1.54) is 19.3 Å². The first-order valence-electron chi connectivity index (χ1n) is 10.3. The van der Waals surface area contributed by atoms with E-state index in [0.717, 1.165) is 44.9 Å². The minimum Gasteiger partial charge on any atom is -0.351 e. The van der Waals surface area contributed by atoms with Crippen LogP contribution in [0.2, 0.25) is 0 Å². The monoisotopic (exact) mass is 362 g/mol. The van der Waals surface area contributed by atoms with Gasteiger partial charge in [0.25, 0.3) is 0 Å². The summed E-state index contributed by atoms with van der Waals surface area (Å²) in [6.07, 6.45) is 24.6. The van der Waals surface area contributed by atoms with Gasteiger partial charge >= 0.3 is 0 Å². The molecule has 0 heterocycles. The number of hydrogen-bond donors (Lipinski definition) is 1. The molecule has 0 fully saturated rings. The van der Waals surface area contributed by atoms with Crippen LogP contribution in [-0.2, 0) is 4.79 Å². The quantitative estimate of drug-likeness (QED) is 0.189. The van der Waals surface area contributed by atoms with Crippen LogP contribution in [0.15, 0.2) is 41.6 Å². The molecular weight excluding hydrogens is 324 g/mol. The summed E-state index contributed by atoms with van der Waals surface area (Å²) >= 11 is 0. The zero-order valence-corrected chi connectivity index (χ0v) is 16.8. The van der Waals surface area contributed by atoms with E-state index in [1.54, 1.807) is 0 Å². The molecule has 0 saturated heterocycles. The molecule has 0 aromatic rings. The highest BCUT2D eigenvalue weighted by molar-refractivity contribution is 5.76. The van der Waals surface area contributed by atoms with Crippen molar-refractivity contribution in [1.29, 1.82) is 0 Å². The summed E-state index contributed by atoms with van der Waals surface area (Å²) in [7, 11) is 0. The summed E-state index contributed by atoms with van der Waals surface area (Å²) in [5.41, 5.74) is 0. The topological polar surface area (TPSA) is 58.5 Å². The minimum absolute atomic E-state index is 0.0432. The fourth-order valence-corrected chi connectivity index (χ4v) is 2.57. The number of rotatable bonds is 17. The average Bonchev–Trinajstić information content (AvgIpc) is 2.64. The van der Waals surface area contributed by atoms with Crippen LogP contribution in [0.5, 0.6) is 0 Å². The number of carbonyl (C=O) groups excluding carboxylic acids is 1. The number of nitroso groups, excluding NO2 is 1. The maximum atomic E-state index is 11.7. The summed E-state index contributed by atoms with van der Waals surface area (Å²) in [5.74, 6) is 0.0432. The summed E-state index contributed by atoms with van der Waals surface area (Å²) < 4.78 is 0. The fraction of sp³-hybridized carbons (Fsp3) is 0.682. The van der Waals surface area contributed by atoms with Gasteiger partial charge in [-0.3, -0.25) is 4.79 Å². The van der Waals surface area contributed by atoms with Crippen LogP contribution in [0, 0.1) is 4.91 Å². The lowest BCUT2D eigenvalue weighted by atomic mass is 10.1. The van der Waals surface area contributed by atoms with Crippen LogP contribution in [0.1, 0.15) is 84.5 Å². The van der Waals surface area contributed by atoms with Crippen LogP contribution >= 0.6 is 0 Å². The standard InChI is InChI=1S/C22H38N2O2/c1-3-5-6-7-8-9-10-11-12-13-14-15-16-17-18-19-22(25)24-21(4-2)20-23-26/h5-6,8-9,11-12,21H,3-4,7,10,13-20H2,1-2H3,(H,24,25)/b6-5-,9-8-,12-11-. The molecule has 0 aliphatic heterocycles. The molecule has 1 N–H and O–H groups in total. The summed E-state index contributed by atoms with van der Waals surface area (Å²) in [6, 6.07) is -0.102. The number of nitrogens with zero attached hydrogens (tertiary/aromatic N) is 1. The van der Waals surface area contributed by atoms with Crippen LogP contribution in [-0.4, -0.2) is 18.5 Å². The van der Waals surface area contributed by atoms with E-state index in [-0.39, 0.29) is 18.5 Å². The van der Waals surface area contributed by atoms with Crippen LogP contribution in [0.4, 0.5) is 0 Å². The molecule has 0 saturated carbocycles. The van der Waals surface area contributed by atoms with Gasteiger partial charge in [0.15, 0.2) is 0 Å². The highest BCUT2D eigenvalue weighted by Gasteiger charge is 2.09. The highest BCUT2D eigenvalue weighted by Crippen LogP contribution is 2.08. The first kappa shape index (κ1) is 24.3. The molecule has 0 aliphatic carbocycles. The van der Waals surface area contributed by atoms with Crippen molar-refractivity contribution in [1.82, 2.24) is 5.32 Å². The molecule has 0 aromatic carbocycles. The molecule has 4 nitrogen and oxygen atoms in total. The van der Waals surface area contributed by atoms with Crippen molar-refractivity contribution in [3.05, 3.63) is 41.4 Å². The Bertz CT molecular complexity index is 428. The van der Waals surface area contributed by atoms with Crippen LogP contribution < -0.4 is 5.32 Å². The lowest BCUT2D eigenvalue weighted by molar-refractivity contribution is -0.121. The molecule has 0 rings (SSSR count). The first-order chi connectivity index (χ1) is 12.7. The molecule has 0 aromatic heterocycles. The van der Waals surface area contributed by atoms with Crippen molar-refractivity contribution in [2.75, 3.05) is 6.54 Å². The van der Waals surface area contributed by atoms with Crippen molar-refractivity contribution >= 4 is 5.91 Å². The van der Waals surface area contributed by atoms with Crippen molar-refractivity contribution in [2.24, 2.45) is 5.18 Å². The largest absolute Gasteiger partial charge is 0.351 e. The minimum atomic E-state index is -0.102. The predicted octanol–water partition coefficient (Wildman–Crippen LogP) is 6.24. The van der Waals surface area contributed by atoms with Crippen molar-refractivity contribution in [3.63, 3.8) is 0 Å². The van der Waals surface area contributed by atoms with E-state index >= 15 is 0 Å². The molecule has 4 heteroatoms. The zero-order valence-electron chi connectivity index (χ0n) is 16.8. The Kier molecular flexibility index (Phi) is 18.3. The highest BCUT2D eigenvalue weighted by atomic mass is 16.3. The van der Waals surface area contributed by atoms with Crippen LogP contribution in [0.3, 0.4) is 0 Å². The number of amides is 1. The van der Waals surface area contributed by atoms with E-state index in [1.807, 2.05) is 6.92 Å². The normalized spacial score (nSPS) is 13.0. The molecule has 26 heavy (non-hydrogen) atoms. The number of nitrogens with one attached hydrogen (secondary N) is 1. The van der Waals surface area contributed by atoms with Gasteiger partial charge in [-0.2, -0.15) is 4.91 Å². The van der Waals surface area contributed by atoms with Gasteiger partial charge in [-0.1, -0.05) is 74.7 Å². The van der Waals surface area contributed by atoms with Gasteiger partial charge in [-0.25, -0.2) is 0 Å². The third-order valence-corrected chi connectivity index (χ3v) is 4.21. The SMILES string of the molecule is CC/C=C\C/C=C\C/C=C\CCCCCCCC(=O)NC(CC)CN=O. The number of hydrogen-bond acceptors (Lipinski definition) is 3. The third-order valence-electron chi connectivity index (χ3n) is 4.21. The summed E-state index contributed by atoms with van der Waals surface area (Å²) in [6.45, 7) is 4.27. The average molecular weight is 363 g/mol. The third kappa shape index (κ3) is 17.1. The lowest BCUT2D eigenvalue weighted by Crippen LogP contribution is -2.36. The van der Waals surface area contributed by atoms with Gasteiger partial charge < -0.3 is 5.32 Å². The maximum Gasteiger partial charge on any atom is 0.220 e. The Morgan fingerprint density at radius 3 is 2.15 bits per heavy atom. The molecule has 1 amide bonds. The van der Waals surface area contributed by atoms with Gasteiger partial charge in [0.1, 0.15) is 6.54 Å². The first-order valence-corrected chi connectivity index (χ1v) is 10.3. The van der Waals surface area contributed by atoms with Gasteiger partial charge in [0.05, 0.1) is 6.04 Å².